The van der Waals surface area contributed by atoms with Crippen molar-refractivity contribution in [3.05, 3.63) is 65.7 Å². The first-order chi connectivity index (χ1) is 13.7. The molecule has 148 valence electrons. The molecule has 3 rings (SSSR count). The summed E-state index contributed by atoms with van der Waals surface area (Å²) in [5.74, 6) is 0.588. The Labute approximate surface area is 167 Å². The van der Waals surface area contributed by atoms with Gasteiger partial charge in [-0.15, -0.1) is 0 Å². The Morgan fingerprint density at radius 1 is 1.04 bits per heavy atom. The van der Waals surface area contributed by atoms with Gasteiger partial charge in [0, 0.05) is 50.1 Å². The maximum Gasteiger partial charge on any atom is 0.248 e. The molecule has 0 aromatic heterocycles. The number of carbonyl (C=O) groups is 1. The standard InChI is InChI=1S/C23H29N3O2/c1-3-25-14-16-26(17-15-25)18-19-8-11-21(12-9-19)24-23(27)13-10-20-6-4-5-7-22(20)28-2/h4-13H,3,14-18H2,1-2H3,(H,24,27). The molecule has 1 aliphatic rings. The monoisotopic (exact) mass is 379 g/mol. The van der Waals surface area contributed by atoms with Crippen molar-refractivity contribution in [3.63, 3.8) is 0 Å². The van der Waals surface area contributed by atoms with Crippen molar-refractivity contribution in [3.8, 4) is 5.75 Å². The second-order valence-electron chi connectivity index (χ2n) is 6.97. The molecule has 0 radical (unpaired) electrons. The lowest BCUT2D eigenvalue weighted by Crippen LogP contribution is -2.45. The molecule has 0 atom stereocenters. The summed E-state index contributed by atoms with van der Waals surface area (Å²) in [7, 11) is 1.62. The number of nitrogens with one attached hydrogen (secondary N) is 1. The van der Waals surface area contributed by atoms with Crippen LogP contribution in [-0.2, 0) is 11.3 Å². The van der Waals surface area contributed by atoms with Crippen molar-refractivity contribution in [1.82, 2.24) is 9.80 Å². The fourth-order valence-corrected chi connectivity index (χ4v) is 3.37. The zero-order chi connectivity index (χ0) is 19.8. The van der Waals surface area contributed by atoms with Crippen LogP contribution in [0.15, 0.2) is 54.6 Å². The lowest BCUT2D eigenvalue weighted by Gasteiger charge is -2.34. The van der Waals surface area contributed by atoms with Crippen molar-refractivity contribution in [1.29, 1.82) is 0 Å². The molecule has 0 unspecified atom stereocenters. The first kappa shape index (κ1) is 20.1. The number of piperazine rings is 1. The number of hydrogen-bond donors (Lipinski definition) is 1. The van der Waals surface area contributed by atoms with Crippen molar-refractivity contribution in [2.24, 2.45) is 0 Å². The van der Waals surface area contributed by atoms with E-state index in [9.17, 15) is 4.79 Å². The molecule has 0 aliphatic carbocycles. The SMILES string of the molecule is CCN1CCN(Cc2ccc(NC(=O)C=Cc3ccccc3OC)cc2)CC1. The second-order valence-corrected chi connectivity index (χ2v) is 6.97. The van der Waals surface area contributed by atoms with Crippen LogP contribution in [0.5, 0.6) is 5.75 Å². The van der Waals surface area contributed by atoms with Gasteiger partial charge in [-0.05, 0) is 36.4 Å². The average molecular weight is 380 g/mol. The molecule has 1 fully saturated rings. The molecule has 5 nitrogen and oxygen atoms in total. The lowest BCUT2D eigenvalue weighted by molar-refractivity contribution is -0.111. The summed E-state index contributed by atoms with van der Waals surface area (Å²) >= 11 is 0. The largest absolute Gasteiger partial charge is 0.496 e. The van der Waals surface area contributed by atoms with Crippen LogP contribution in [0.1, 0.15) is 18.1 Å². The molecule has 1 amide bonds. The summed E-state index contributed by atoms with van der Waals surface area (Å²) in [4.78, 5) is 17.2. The Balaban J connectivity index is 1.51. The van der Waals surface area contributed by atoms with Crippen LogP contribution in [0.4, 0.5) is 5.69 Å². The zero-order valence-electron chi connectivity index (χ0n) is 16.7. The molecular formula is C23H29N3O2. The quantitative estimate of drug-likeness (QED) is 0.748. The number of rotatable bonds is 7. The van der Waals surface area contributed by atoms with E-state index in [4.69, 9.17) is 4.74 Å². The molecule has 0 spiro atoms. The van der Waals surface area contributed by atoms with Crippen molar-refractivity contribution in [2.45, 2.75) is 13.5 Å². The fourth-order valence-electron chi connectivity index (χ4n) is 3.37. The van der Waals surface area contributed by atoms with E-state index in [0.717, 1.165) is 56.3 Å². The maximum absolute atomic E-state index is 12.2. The van der Waals surface area contributed by atoms with Crippen LogP contribution >= 0.6 is 0 Å². The van der Waals surface area contributed by atoms with Crippen LogP contribution < -0.4 is 10.1 Å². The molecule has 0 saturated carbocycles. The summed E-state index contributed by atoms with van der Waals surface area (Å²) in [6.45, 7) is 8.81. The summed E-state index contributed by atoms with van der Waals surface area (Å²) in [5, 5.41) is 2.91. The van der Waals surface area contributed by atoms with Gasteiger partial charge in [-0.3, -0.25) is 9.69 Å². The van der Waals surface area contributed by atoms with Gasteiger partial charge in [-0.2, -0.15) is 0 Å². The van der Waals surface area contributed by atoms with Gasteiger partial charge < -0.3 is 15.0 Å². The molecule has 1 heterocycles. The Hall–Kier alpha value is -2.63. The minimum atomic E-state index is -0.158. The van der Waals surface area contributed by atoms with Crippen molar-refractivity contribution < 1.29 is 9.53 Å². The summed E-state index contributed by atoms with van der Waals surface area (Å²) < 4.78 is 5.29. The van der Waals surface area contributed by atoms with E-state index in [0.29, 0.717) is 0 Å². The van der Waals surface area contributed by atoms with Crippen LogP contribution in [0, 0.1) is 0 Å². The predicted octanol–water partition coefficient (Wildman–Crippen LogP) is 3.48. The Morgan fingerprint density at radius 2 is 1.71 bits per heavy atom. The van der Waals surface area contributed by atoms with Gasteiger partial charge in [0.2, 0.25) is 5.91 Å². The predicted molar refractivity (Wildman–Crippen MR) is 114 cm³/mol. The zero-order valence-corrected chi connectivity index (χ0v) is 16.7. The number of hydrogen-bond acceptors (Lipinski definition) is 4. The Bertz CT molecular complexity index is 794. The van der Waals surface area contributed by atoms with Gasteiger partial charge in [0.05, 0.1) is 7.11 Å². The molecule has 2 aromatic rings. The molecule has 28 heavy (non-hydrogen) atoms. The molecular weight excluding hydrogens is 350 g/mol. The highest BCUT2D eigenvalue weighted by Gasteiger charge is 2.15. The van der Waals surface area contributed by atoms with Gasteiger partial charge in [-0.1, -0.05) is 37.3 Å². The van der Waals surface area contributed by atoms with E-state index in [2.05, 4.69) is 34.2 Å². The molecule has 2 aromatic carbocycles. The number of benzene rings is 2. The number of amides is 1. The third-order valence-electron chi connectivity index (χ3n) is 5.09. The van der Waals surface area contributed by atoms with Gasteiger partial charge in [0.1, 0.15) is 5.75 Å². The molecule has 1 N–H and O–H groups in total. The Morgan fingerprint density at radius 3 is 2.39 bits per heavy atom. The lowest BCUT2D eigenvalue weighted by atomic mass is 10.1. The van der Waals surface area contributed by atoms with E-state index in [-0.39, 0.29) is 5.91 Å². The van der Waals surface area contributed by atoms with Gasteiger partial charge in [-0.25, -0.2) is 0 Å². The number of methoxy groups -OCH3 is 1. The highest BCUT2D eigenvalue weighted by atomic mass is 16.5. The first-order valence-electron chi connectivity index (χ1n) is 9.83. The average Bonchev–Trinajstić information content (AvgIpc) is 2.74. The molecule has 1 aliphatic heterocycles. The Kier molecular flexibility index (Phi) is 7.23. The van der Waals surface area contributed by atoms with Gasteiger partial charge >= 0.3 is 0 Å². The second kappa shape index (κ2) is 10.1. The highest BCUT2D eigenvalue weighted by Crippen LogP contribution is 2.19. The van der Waals surface area contributed by atoms with E-state index < -0.39 is 0 Å². The minimum absolute atomic E-state index is 0.158. The smallest absolute Gasteiger partial charge is 0.248 e. The van der Waals surface area contributed by atoms with E-state index in [1.807, 2.05) is 36.4 Å². The molecule has 1 saturated heterocycles. The van der Waals surface area contributed by atoms with Crippen LogP contribution in [-0.4, -0.2) is 55.5 Å². The maximum atomic E-state index is 12.2. The third-order valence-corrected chi connectivity index (χ3v) is 5.09. The first-order valence-corrected chi connectivity index (χ1v) is 9.83. The van der Waals surface area contributed by atoms with Crippen molar-refractivity contribution in [2.75, 3.05) is 45.2 Å². The number of ether oxygens (including phenoxy) is 1. The van der Waals surface area contributed by atoms with Crippen molar-refractivity contribution >= 4 is 17.7 Å². The van der Waals surface area contributed by atoms with Gasteiger partial charge in [0.15, 0.2) is 0 Å². The normalized spacial score (nSPS) is 15.6. The summed E-state index contributed by atoms with van der Waals surface area (Å²) in [6.07, 6.45) is 3.29. The third kappa shape index (κ3) is 5.68. The number of nitrogens with zero attached hydrogens (tertiary/aromatic N) is 2. The molecule has 0 bridgehead atoms. The summed E-state index contributed by atoms with van der Waals surface area (Å²) in [6, 6.07) is 15.7. The fraction of sp³-hybridized carbons (Fsp3) is 0.348. The van der Waals surface area contributed by atoms with E-state index >= 15 is 0 Å². The van der Waals surface area contributed by atoms with E-state index in [1.165, 1.54) is 11.6 Å². The minimum Gasteiger partial charge on any atom is -0.496 e. The number of carbonyl (C=O) groups excluding carboxylic acids is 1. The van der Waals surface area contributed by atoms with E-state index in [1.54, 1.807) is 13.2 Å². The number of para-hydroxylation sites is 1. The van der Waals surface area contributed by atoms with Crippen LogP contribution in [0.25, 0.3) is 6.08 Å². The topological polar surface area (TPSA) is 44.8 Å². The van der Waals surface area contributed by atoms with Gasteiger partial charge in [0.25, 0.3) is 0 Å². The number of likely N-dealkylation sites (N-methyl/N-ethyl adjacent to an activating group) is 1. The summed E-state index contributed by atoms with van der Waals surface area (Å²) in [5.41, 5.74) is 2.94. The molecule has 5 heteroatoms. The van der Waals surface area contributed by atoms with Crippen LogP contribution in [0.2, 0.25) is 0 Å². The van der Waals surface area contributed by atoms with Crippen LogP contribution in [0.3, 0.4) is 0 Å². The number of anilines is 1. The highest BCUT2D eigenvalue weighted by molar-refractivity contribution is 6.02.